The first-order valence-electron chi connectivity index (χ1n) is 4.54. The van der Waals surface area contributed by atoms with Gasteiger partial charge in [-0.05, 0) is 41.0 Å². The Bertz CT molecular complexity index is 172. The van der Waals surface area contributed by atoms with Gasteiger partial charge in [0.05, 0.1) is 5.60 Å². The van der Waals surface area contributed by atoms with E-state index in [1.54, 1.807) is 13.8 Å². The van der Waals surface area contributed by atoms with Gasteiger partial charge in [0.1, 0.15) is 5.60 Å². The Labute approximate surface area is 80.1 Å². The van der Waals surface area contributed by atoms with E-state index < -0.39 is 11.2 Å². The Kier molecular flexibility index (Phi) is 3.91. The first-order valence-corrected chi connectivity index (χ1v) is 4.54. The van der Waals surface area contributed by atoms with Crippen LogP contribution >= 0.6 is 0 Å². The number of esters is 1. The molecule has 0 aliphatic heterocycles. The van der Waals surface area contributed by atoms with E-state index in [-0.39, 0.29) is 12.4 Å². The molecule has 0 aromatic heterocycles. The Hall–Kier alpha value is -0.570. The lowest BCUT2D eigenvalue weighted by Crippen LogP contribution is -2.26. The van der Waals surface area contributed by atoms with Gasteiger partial charge in [-0.1, -0.05) is 0 Å². The molecule has 0 aromatic rings. The van der Waals surface area contributed by atoms with Crippen molar-refractivity contribution < 1.29 is 14.6 Å². The largest absolute Gasteiger partial charge is 0.460 e. The van der Waals surface area contributed by atoms with E-state index in [1.165, 1.54) is 0 Å². The van der Waals surface area contributed by atoms with Crippen molar-refractivity contribution in [3.05, 3.63) is 0 Å². The van der Waals surface area contributed by atoms with Crippen LogP contribution in [0.2, 0.25) is 0 Å². The SMILES string of the molecule is CC(C)(O)CCC(=O)OC(C)(C)C. The Morgan fingerprint density at radius 2 is 1.69 bits per heavy atom. The van der Waals surface area contributed by atoms with Crippen LogP contribution in [0.25, 0.3) is 0 Å². The molecular weight excluding hydrogens is 168 g/mol. The molecule has 78 valence electrons. The lowest BCUT2D eigenvalue weighted by atomic mass is 10.0. The maximum atomic E-state index is 11.2. The van der Waals surface area contributed by atoms with Gasteiger partial charge in [0.2, 0.25) is 0 Å². The number of hydrogen-bond donors (Lipinski definition) is 1. The quantitative estimate of drug-likeness (QED) is 0.688. The van der Waals surface area contributed by atoms with Crippen molar-refractivity contribution in [1.29, 1.82) is 0 Å². The molecule has 13 heavy (non-hydrogen) atoms. The molecule has 0 spiro atoms. The fourth-order valence-electron chi connectivity index (χ4n) is 0.801. The third kappa shape index (κ3) is 9.34. The molecule has 0 atom stereocenters. The fraction of sp³-hybridized carbons (Fsp3) is 0.900. The molecule has 3 heteroatoms. The highest BCUT2D eigenvalue weighted by molar-refractivity contribution is 5.69. The molecule has 0 aliphatic carbocycles. The third-order valence-electron chi connectivity index (χ3n) is 1.36. The van der Waals surface area contributed by atoms with E-state index in [4.69, 9.17) is 4.74 Å². The normalized spacial score (nSPS) is 12.8. The maximum absolute atomic E-state index is 11.2. The summed E-state index contributed by atoms with van der Waals surface area (Å²) in [7, 11) is 0. The molecule has 1 N–H and O–H groups in total. The molecular formula is C10H20O3. The van der Waals surface area contributed by atoms with E-state index in [1.807, 2.05) is 20.8 Å². The second-order valence-corrected chi connectivity index (χ2v) is 4.90. The lowest BCUT2D eigenvalue weighted by molar-refractivity contribution is -0.156. The minimum absolute atomic E-state index is 0.255. The molecule has 0 bridgehead atoms. The molecule has 0 rings (SSSR count). The van der Waals surface area contributed by atoms with Crippen LogP contribution in [-0.4, -0.2) is 22.3 Å². The van der Waals surface area contributed by atoms with E-state index >= 15 is 0 Å². The topological polar surface area (TPSA) is 46.5 Å². The second kappa shape index (κ2) is 4.09. The second-order valence-electron chi connectivity index (χ2n) is 4.90. The van der Waals surface area contributed by atoms with Crippen LogP contribution in [0, 0.1) is 0 Å². The number of rotatable bonds is 3. The van der Waals surface area contributed by atoms with Crippen molar-refractivity contribution in [2.45, 2.75) is 58.7 Å². The summed E-state index contributed by atoms with van der Waals surface area (Å²) in [6.45, 7) is 8.84. The molecule has 0 aliphatic rings. The zero-order valence-electron chi connectivity index (χ0n) is 9.18. The average molecular weight is 188 g/mol. The van der Waals surface area contributed by atoms with Gasteiger partial charge in [0.25, 0.3) is 0 Å². The van der Waals surface area contributed by atoms with Crippen molar-refractivity contribution in [3.8, 4) is 0 Å². The molecule has 0 heterocycles. The average Bonchev–Trinajstić information content (AvgIpc) is 1.78. The standard InChI is InChI=1S/C10H20O3/c1-9(2,3)13-8(11)6-7-10(4,5)12/h12H,6-7H2,1-5H3. The van der Waals surface area contributed by atoms with E-state index in [0.717, 1.165) is 0 Å². The number of carbonyl (C=O) groups excluding carboxylic acids is 1. The van der Waals surface area contributed by atoms with Gasteiger partial charge in [-0.2, -0.15) is 0 Å². The van der Waals surface area contributed by atoms with Crippen LogP contribution in [0.1, 0.15) is 47.5 Å². The van der Waals surface area contributed by atoms with Gasteiger partial charge >= 0.3 is 5.97 Å². The summed E-state index contributed by atoms with van der Waals surface area (Å²) in [6, 6.07) is 0. The summed E-state index contributed by atoms with van der Waals surface area (Å²) in [5.41, 5.74) is -1.23. The van der Waals surface area contributed by atoms with Crippen molar-refractivity contribution in [2.24, 2.45) is 0 Å². The van der Waals surface area contributed by atoms with Crippen LogP contribution in [-0.2, 0) is 9.53 Å². The zero-order valence-corrected chi connectivity index (χ0v) is 9.18. The predicted octanol–water partition coefficient (Wildman–Crippen LogP) is 1.88. The summed E-state index contributed by atoms with van der Waals surface area (Å²) in [5, 5.41) is 9.36. The summed E-state index contributed by atoms with van der Waals surface area (Å²) in [5.74, 6) is -0.255. The van der Waals surface area contributed by atoms with Gasteiger partial charge in [-0.3, -0.25) is 4.79 Å². The first kappa shape index (κ1) is 12.4. The van der Waals surface area contributed by atoms with Crippen LogP contribution in [0.4, 0.5) is 0 Å². The van der Waals surface area contributed by atoms with Crippen molar-refractivity contribution >= 4 is 5.97 Å². The van der Waals surface area contributed by atoms with Gasteiger partial charge in [-0.25, -0.2) is 0 Å². The van der Waals surface area contributed by atoms with Crippen molar-refractivity contribution in [2.75, 3.05) is 0 Å². The number of hydrogen-bond acceptors (Lipinski definition) is 3. The molecule has 0 radical (unpaired) electrons. The highest BCUT2D eigenvalue weighted by Gasteiger charge is 2.19. The minimum Gasteiger partial charge on any atom is -0.460 e. The monoisotopic (exact) mass is 188 g/mol. The molecule has 0 saturated heterocycles. The summed E-state index contributed by atoms with van der Waals surface area (Å²) >= 11 is 0. The fourth-order valence-corrected chi connectivity index (χ4v) is 0.801. The summed E-state index contributed by atoms with van der Waals surface area (Å²) < 4.78 is 5.08. The molecule has 0 aromatic carbocycles. The summed E-state index contributed by atoms with van der Waals surface area (Å²) in [6.07, 6.45) is 0.697. The predicted molar refractivity (Wildman–Crippen MR) is 51.4 cm³/mol. The number of aliphatic hydroxyl groups is 1. The Morgan fingerprint density at radius 3 is 2.00 bits per heavy atom. The molecule has 0 unspecified atom stereocenters. The Morgan fingerprint density at radius 1 is 1.23 bits per heavy atom. The van der Waals surface area contributed by atoms with E-state index in [9.17, 15) is 9.90 Å². The zero-order chi connectivity index (χ0) is 10.7. The first-order chi connectivity index (χ1) is 5.60. The third-order valence-corrected chi connectivity index (χ3v) is 1.36. The van der Waals surface area contributed by atoms with Gasteiger partial charge in [0.15, 0.2) is 0 Å². The van der Waals surface area contributed by atoms with Crippen molar-refractivity contribution in [1.82, 2.24) is 0 Å². The van der Waals surface area contributed by atoms with Crippen LogP contribution in [0.15, 0.2) is 0 Å². The van der Waals surface area contributed by atoms with Gasteiger partial charge in [0, 0.05) is 6.42 Å². The molecule has 3 nitrogen and oxygen atoms in total. The molecule has 0 amide bonds. The minimum atomic E-state index is -0.795. The molecule has 0 saturated carbocycles. The van der Waals surface area contributed by atoms with Crippen molar-refractivity contribution in [3.63, 3.8) is 0 Å². The van der Waals surface area contributed by atoms with Gasteiger partial charge < -0.3 is 9.84 Å². The number of ether oxygens (including phenoxy) is 1. The van der Waals surface area contributed by atoms with Crippen LogP contribution in [0.5, 0.6) is 0 Å². The highest BCUT2D eigenvalue weighted by atomic mass is 16.6. The van der Waals surface area contributed by atoms with Gasteiger partial charge in [-0.15, -0.1) is 0 Å². The van der Waals surface area contributed by atoms with E-state index in [2.05, 4.69) is 0 Å². The van der Waals surface area contributed by atoms with E-state index in [0.29, 0.717) is 6.42 Å². The maximum Gasteiger partial charge on any atom is 0.306 e. The summed E-state index contributed by atoms with van der Waals surface area (Å²) in [4.78, 5) is 11.2. The number of carbonyl (C=O) groups is 1. The van der Waals surface area contributed by atoms with Crippen LogP contribution in [0.3, 0.4) is 0 Å². The highest BCUT2D eigenvalue weighted by Crippen LogP contribution is 2.14. The lowest BCUT2D eigenvalue weighted by Gasteiger charge is -2.21. The van der Waals surface area contributed by atoms with Crippen LogP contribution < -0.4 is 0 Å². The molecule has 0 fully saturated rings. The Balaban J connectivity index is 3.78. The smallest absolute Gasteiger partial charge is 0.306 e.